The van der Waals surface area contributed by atoms with Crippen molar-refractivity contribution >= 4 is 28.6 Å². The van der Waals surface area contributed by atoms with Gasteiger partial charge in [0.15, 0.2) is 0 Å². The summed E-state index contributed by atoms with van der Waals surface area (Å²) in [6.07, 6.45) is 5.88. The van der Waals surface area contributed by atoms with Gasteiger partial charge in [0.2, 0.25) is 11.9 Å². The predicted octanol–water partition coefficient (Wildman–Crippen LogP) is 2.76. The zero-order valence-corrected chi connectivity index (χ0v) is 17.1. The van der Waals surface area contributed by atoms with Crippen LogP contribution < -0.4 is 10.6 Å². The van der Waals surface area contributed by atoms with Gasteiger partial charge in [0.05, 0.1) is 6.20 Å². The van der Waals surface area contributed by atoms with Gasteiger partial charge in [-0.3, -0.25) is 4.79 Å². The zero-order valence-electron chi connectivity index (χ0n) is 17.1. The molecule has 3 N–H and O–H groups in total. The van der Waals surface area contributed by atoms with E-state index in [2.05, 4.69) is 43.8 Å². The number of hydrogen-bond acceptors (Lipinski definition) is 6. The Bertz CT molecular complexity index is 1090. The maximum Gasteiger partial charge on any atom is 0.225 e. The van der Waals surface area contributed by atoms with E-state index in [0.717, 1.165) is 24.8 Å². The minimum Gasteiger partial charge on any atom is -0.366 e. The predicted molar refractivity (Wildman–Crippen MR) is 116 cm³/mol. The van der Waals surface area contributed by atoms with E-state index in [0.29, 0.717) is 23.9 Å². The van der Waals surface area contributed by atoms with E-state index in [9.17, 15) is 10.1 Å². The number of nitriles is 1. The maximum absolute atomic E-state index is 12.0. The van der Waals surface area contributed by atoms with Crippen LogP contribution in [0.25, 0.3) is 10.9 Å². The lowest BCUT2D eigenvalue weighted by Gasteiger charge is -2.36. The lowest BCUT2D eigenvalue weighted by Crippen LogP contribution is -2.44. The van der Waals surface area contributed by atoms with Gasteiger partial charge in [0.1, 0.15) is 17.5 Å². The SMILES string of the molecule is CN(C)C(=O)C1CC(Nc2nc(NCCc3c[nH]c4ccccc34)ncc2C#N)C1. The van der Waals surface area contributed by atoms with Gasteiger partial charge in [0, 0.05) is 49.7 Å². The average molecular weight is 403 g/mol. The number of amides is 1. The summed E-state index contributed by atoms with van der Waals surface area (Å²) < 4.78 is 0. The van der Waals surface area contributed by atoms with Gasteiger partial charge in [-0.15, -0.1) is 0 Å². The number of nitrogens with one attached hydrogen (secondary N) is 3. The number of para-hydroxylation sites is 1. The highest BCUT2D eigenvalue weighted by atomic mass is 16.2. The van der Waals surface area contributed by atoms with Gasteiger partial charge in [-0.05, 0) is 30.9 Å². The Labute approximate surface area is 175 Å². The first-order chi connectivity index (χ1) is 14.5. The van der Waals surface area contributed by atoms with Crippen LogP contribution in [0.5, 0.6) is 0 Å². The molecule has 0 atom stereocenters. The van der Waals surface area contributed by atoms with E-state index in [1.807, 2.05) is 18.3 Å². The number of fused-ring (bicyclic) bond motifs is 1. The summed E-state index contributed by atoms with van der Waals surface area (Å²) >= 11 is 0. The maximum atomic E-state index is 12.0. The van der Waals surface area contributed by atoms with Gasteiger partial charge >= 0.3 is 0 Å². The van der Waals surface area contributed by atoms with E-state index >= 15 is 0 Å². The minimum absolute atomic E-state index is 0.0404. The monoisotopic (exact) mass is 403 g/mol. The molecule has 8 heteroatoms. The van der Waals surface area contributed by atoms with Crippen LogP contribution >= 0.6 is 0 Å². The van der Waals surface area contributed by atoms with E-state index in [4.69, 9.17) is 0 Å². The van der Waals surface area contributed by atoms with Gasteiger partial charge in [-0.1, -0.05) is 18.2 Å². The highest BCUT2D eigenvalue weighted by Crippen LogP contribution is 2.31. The molecule has 1 aliphatic carbocycles. The number of anilines is 2. The molecule has 1 aromatic carbocycles. The van der Waals surface area contributed by atoms with Crippen LogP contribution in [-0.4, -0.2) is 52.4 Å². The third kappa shape index (κ3) is 4.06. The number of aromatic nitrogens is 3. The van der Waals surface area contributed by atoms with Gasteiger partial charge < -0.3 is 20.5 Å². The summed E-state index contributed by atoms with van der Waals surface area (Å²) in [4.78, 5) is 25.7. The Morgan fingerprint density at radius 3 is 2.90 bits per heavy atom. The van der Waals surface area contributed by atoms with Crippen molar-refractivity contribution in [3.8, 4) is 6.07 Å². The Kier molecular flexibility index (Phi) is 5.53. The van der Waals surface area contributed by atoms with Crippen molar-refractivity contribution in [2.45, 2.75) is 25.3 Å². The van der Waals surface area contributed by atoms with E-state index in [-0.39, 0.29) is 17.9 Å². The van der Waals surface area contributed by atoms with E-state index in [1.54, 1.807) is 19.0 Å². The van der Waals surface area contributed by atoms with Gasteiger partial charge in [0.25, 0.3) is 0 Å². The van der Waals surface area contributed by atoms with E-state index in [1.165, 1.54) is 17.1 Å². The van der Waals surface area contributed by atoms with E-state index < -0.39 is 0 Å². The molecule has 3 aromatic rings. The van der Waals surface area contributed by atoms with Crippen LogP contribution in [0.4, 0.5) is 11.8 Å². The van der Waals surface area contributed by atoms with Crippen molar-refractivity contribution in [1.29, 1.82) is 5.26 Å². The third-order valence-corrected chi connectivity index (χ3v) is 5.53. The summed E-state index contributed by atoms with van der Waals surface area (Å²) in [6.45, 7) is 0.677. The Balaban J connectivity index is 1.36. The molecule has 30 heavy (non-hydrogen) atoms. The standard InChI is InChI=1S/C22H25N7O/c1-29(2)21(30)15-9-17(10-15)27-20-16(11-23)13-26-22(28-20)24-8-7-14-12-25-19-6-4-3-5-18(14)19/h3-6,12-13,15,17,25H,7-10H2,1-2H3,(H2,24,26,27,28). The summed E-state index contributed by atoms with van der Waals surface area (Å²) in [5, 5.41) is 17.1. The number of carbonyl (C=O) groups is 1. The van der Waals surface area contributed by atoms with Crippen LogP contribution in [-0.2, 0) is 11.2 Å². The second kappa shape index (κ2) is 8.41. The van der Waals surface area contributed by atoms with Crippen molar-refractivity contribution in [3.63, 3.8) is 0 Å². The second-order valence-corrected chi connectivity index (χ2v) is 7.85. The summed E-state index contributed by atoms with van der Waals surface area (Å²) in [5.74, 6) is 1.19. The second-order valence-electron chi connectivity index (χ2n) is 7.85. The van der Waals surface area contributed by atoms with Gasteiger partial charge in [-0.25, -0.2) is 4.98 Å². The Morgan fingerprint density at radius 1 is 1.33 bits per heavy atom. The number of hydrogen-bond donors (Lipinski definition) is 3. The molecule has 8 nitrogen and oxygen atoms in total. The number of rotatable bonds is 7. The number of H-pyrrole nitrogens is 1. The molecule has 2 aromatic heterocycles. The van der Waals surface area contributed by atoms with Crippen molar-refractivity contribution in [2.24, 2.45) is 5.92 Å². The number of aromatic amines is 1. The average Bonchev–Trinajstić information content (AvgIpc) is 3.13. The highest BCUT2D eigenvalue weighted by molar-refractivity contribution is 5.83. The fourth-order valence-electron chi connectivity index (χ4n) is 3.80. The molecule has 4 rings (SSSR count). The summed E-state index contributed by atoms with van der Waals surface area (Å²) in [6, 6.07) is 10.5. The molecule has 1 saturated carbocycles. The molecular weight excluding hydrogens is 378 g/mol. The number of carbonyl (C=O) groups excluding carboxylic acids is 1. The first-order valence-electron chi connectivity index (χ1n) is 10.1. The zero-order chi connectivity index (χ0) is 21.1. The third-order valence-electron chi connectivity index (χ3n) is 5.53. The Hall–Kier alpha value is -3.60. The fraction of sp³-hybridized carbons (Fsp3) is 0.364. The normalized spacial score (nSPS) is 17.8. The Morgan fingerprint density at radius 2 is 2.13 bits per heavy atom. The lowest BCUT2D eigenvalue weighted by atomic mass is 9.79. The molecule has 1 fully saturated rings. The van der Waals surface area contributed by atoms with Crippen LogP contribution in [0.15, 0.2) is 36.7 Å². The lowest BCUT2D eigenvalue weighted by molar-refractivity contribution is -0.135. The number of benzene rings is 1. The molecule has 0 saturated heterocycles. The molecule has 1 amide bonds. The molecule has 0 radical (unpaired) electrons. The minimum atomic E-state index is 0.0404. The van der Waals surface area contributed by atoms with Crippen LogP contribution in [0.1, 0.15) is 24.0 Å². The molecule has 0 bridgehead atoms. The first kappa shape index (κ1) is 19.7. The molecule has 0 unspecified atom stereocenters. The van der Waals surface area contributed by atoms with Crippen molar-refractivity contribution in [1.82, 2.24) is 19.9 Å². The molecule has 154 valence electrons. The van der Waals surface area contributed by atoms with Gasteiger partial charge in [-0.2, -0.15) is 10.2 Å². The van der Waals surface area contributed by atoms with Crippen molar-refractivity contribution in [2.75, 3.05) is 31.3 Å². The fourth-order valence-corrected chi connectivity index (χ4v) is 3.80. The molecular formula is C22H25N7O. The highest BCUT2D eigenvalue weighted by Gasteiger charge is 2.35. The smallest absolute Gasteiger partial charge is 0.225 e. The van der Waals surface area contributed by atoms with Crippen LogP contribution in [0.2, 0.25) is 0 Å². The molecule has 0 spiro atoms. The van der Waals surface area contributed by atoms with Crippen molar-refractivity contribution < 1.29 is 4.79 Å². The molecule has 0 aliphatic heterocycles. The first-order valence-corrected chi connectivity index (χ1v) is 10.1. The quantitative estimate of drug-likeness (QED) is 0.560. The summed E-state index contributed by atoms with van der Waals surface area (Å²) in [5.41, 5.74) is 2.76. The largest absolute Gasteiger partial charge is 0.366 e. The van der Waals surface area contributed by atoms with Crippen molar-refractivity contribution in [3.05, 3.63) is 47.8 Å². The number of nitrogens with zero attached hydrogens (tertiary/aromatic N) is 4. The summed E-state index contributed by atoms with van der Waals surface area (Å²) in [7, 11) is 3.55. The molecule has 2 heterocycles. The van der Waals surface area contributed by atoms with Crippen LogP contribution in [0.3, 0.4) is 0 Å². The topological polar surface area (TPSA) is 110 Å². The van der Waals surface area contributed by atoms with Crippen LogP contribution in [0, 0.1) is 17.2 Å². The molecule has 1 aliphatic rings.